The minimum atomic E-state index is -0.174. The van der Waals surface area contributed by atoms with E-state index in [0.717, 1.165) is 31.7 Å². The Labute approximate surface area is 122 Å². The van der Waals surface area contributed by atoms with E-state index in [1.165, 1.54) is 24.9 Å². The molecule has 2 unspecified atom stereocenters. The number of hydrogen-bond donors (Lipinski definition) is 1. The molecule has 2 rings (SSSR count). The summed E-state index contributed by atoms with van der Waals surface area (Å²) < 4.78 is 5.39. The van der Waals surface area contributed by atoms with Gasteiger partial charge in [-0.15, -0.1) is 0 Å². The van der Waals surface area contributed by atoms with E-state index in [1.54, 1.807) is 7.11 Å². The summed E-state index contributed by atoms with van der Waals surface area (Å²) in [5.74, 6) is 1.45. The Morgan fingerprint density at radius 1 is 1.40 bits per heavy atom. The van der Waals surface area contributed by atoms with Crippen LogP contribution >= 0.6 is 0 Å². The van der Waals surface area contributed by atoms with Crippen molar-refractivity contribution in [3.05, 3.63) is 29.8 Å². The molecule has 0 aliphatic carbocycles. The Balaban J connectivity index is 1.78. The third kappa shape index (κ3) is 4.22. The molecule has 1 saturated heterocycles. The molecule has 1 aromatic carbocycles. The molecule has 3 nitrogen and oxygen atoms in total. The van der Waals surface area contributed by atoms with Gasteiger partial charge >= 0.3 is 0 Å². The van der Waals surface area contributed by atoms with Crippen molar-refractivity contribution >= 4 is 0 Å². The van der Waals surface area contributed by atoms with Crippen LogP contribution in [0.1, 0.15) is 31.7 Å². The lowest BCUT2D eigenvalue weighted by Gasteiger charge is -2.34. The predicted octanol–water partition coefficient (Wildman–Crippen LogP) is 2.72. The molecule has 0 radical (unpaired) electrons. The topological polar surface area (TPSA) is 32.7 Å². The van der Waals surface area contributed by atoms with Gasteiger partial charge in [-0.2, -0.15) is 0 Å². The third-order valence-corrected chi connectivity index (χ3v) is 4.34. The van der Waals surface area contributed by atoms with Crippen molar-refractivity contribution in [1.82, 2.24) is 4.90 Å². The molecule has 0 saturated carbocycles. The van der Waals surface area contributed by atoms with E-state index < -0.39 is 0 Å². The zero-order chi connectivity index (χ0) is 14.4. The Hall–Kier alpha value is -1.06. The summed E-state index contributed by atoms with van der Waals surface area (Å²) in [4.78, 5) is 2.50. The van der Waals surface area contributed by atoms with Gasteiger partial charge in [-0.05, 0) is 63.2 Å². The summed E-state index contributed by atoms with van der Waals surface area (Å²) in [5.41, 5.74) is 1.29. The van der Waals surface area contributed by atoms with Crippen LogP contribution in [0.25, 0.3) is 0 Å². The molecule has 3 heteroatoms. The van der Waals surface area contributed by atoms with E-state index in [-0.39, 0.29) is 6.10 Å². The highest BCUT2D eigenvalue weighted by Gasteiger charge is 2.22. The fourth-order valence-corrected chi connectivity index (χ4v) is 3.09. The molecule has 1 aliphatic heterocycles. The number of ether oxygens (including phenoxy) is 1. The van der Waals surface area contributed by atoms with Crippen LogP contribution in [0.4, 0.5) is 0 Å². The highest BCUT2D eigenvalue weighted by atomic mass is 16.5. The SMILES string of the molecule is COc1ccccc1CCCN1CCCC(C(C)O)C1. The number of methoxy groups -OCH3 is 1. The number of aryl methyl sites for hydroxylation is 1. The van der Waals surface area contributed by atoms with Crippen LogP contribution in [-0.2, 0) is 6.42 Å². The number of piperidine rings is 1. The van der Waals surface area contributed by atoms with Crippen LogP contribution < -0.4 is 4.74 Å². The number of likely N-dealkylation sites (tertiary alicyclic amines) is 1. The normalized spacial score (nSPS) is 21.6. The quantitative estimate of drug-likeness (QED) is 0.868. The minimum Gasteiger partial charge on any atom is -0.496 e. The molecule has 112 valence electrons. The van der Waals surface area contributed by atoms with E-state index in [1.807, 2.05) is 19.1 Å². The summed E-state index contributed by atoms with van der Waals surface area (Å²) in [5, 5.41) is 9.72. The maximum absolute atomic E-state index is 9.72. The smallest absolute Gasteiger partial charge is 0.122 e. The monoisotopic (exact) mass is 277 g/mol. The summed E-state index contributed by atoms with van der Waals surface area (Å²) in [6.45, 7) is 5.25. The van der Waals surface area contributed by atoms with Crippen LogP contribution in [0.5, 0.6) is 5.75 Å². The molecule has 0 bridgehead atoms. The minimum absolute atomic E-state index is 0.174. The first-order chi connectivity index (χ1) is 9.70. The average Bonchev–Trinajstić information content (AvgIpc) is 2.48. The molecule has 0 amide bonds. The molecular weight excluding hydrogens is 250 g/mol. The molecule has 1 aliphatic rings. The molecule has 2 atom stereocenters. The van der Waals surface area contributed by atoms with Gasteiger partial charge < -0.3 is 14.7 Å². The van der Waals surface area contributed by atoms with Crippen molar-refractivity contribution in [2.45, 2.75) is 38.7 Å². The number of hydrogen-bond acceptors (Lipinski definition) is 3. The van der Waals surface area contributed by atoms with Gasteiger partial charge in [-0.25, -0.2) is 0 Å². The first-order valence-electron chi connectivity index (χ1n) is 7.73. The summed E-state index contributed by atoms with van der Waals surface area (Å²) in [7, 11) is 1.73. The molecule has 0 aromatic heterocycles. The van der Waals surface area contributed by atoms with Gasteiger partial charge in [0, 0.05) is 6.54 Å². The first-order valence-corrected chi connectivity index (χ1v) is 7.73. The standard InChI is InChI=1S/C17H27NO2/c1-14(19)16-9-6-12-18(13-16)11-5-8-15-7-3-4-10-17(15)20-2/h3-4,7,10,14,16,19H,5-6,8-9,11-13H2,1-2H3. The number of aliphatic hydroxyl groups is 1. The Morgan fingerprint density at radius 3 is 2.95 bits per heavy atom. The van der Waals surface area contributed by atoms with Gasteiger partial charge in [0.05, 0.1) is 13.2 Å². The van der Waals surface area contributed by atoms with Crippen molar-refractivity contribution in [2.24, 2.45) is 5.92 Å². The van der Waals surface area contributed by atoms with Crippen molar-refractivity contribution in [3.8, 4) is 5.75 Å². The van der Waals surface area contributed by atoms with Gasteiger partial charge in [0.15, 0.2) is 0 Å². The number of aliphatic hydroxyl groups excluding tert-OH is 1. The maximum Gasteiger partial charge on any atom is 0.122 e. The lowest BCUT2D eigenvalue weighted by molar-refractivity contribution is 0.0625. The van der Waals surface area contributed by atoms with Crippen molar-refractivity contribution in [2.75, 3.05) is 26.7 Å². The number of benzene rings is 1. The van der Waals surface area contributed by atoms with E-state index in [2.05, 4.69) is 17.0 Å². The van der Waals surface area contributed by atoms with Crippen LogP contribution in [0.3, 0.4) is 0 Å². The van der Waals surface area contributed by atoms with Gasteiger partial charge in [0.1, 0.15) is 5.75 Å². The van der Waals surface area contributed by atoms with Crippen LogP contribution in [-0.4, -0.2) is 42.9 Å². The van der Waals surface area contributed by atoms with Gasteiger partial charge in [0.25, 0.3) is 0 Å². The van der Waals surface area contributed by atoms with E-state index in [4.69, 9.17) is 4.74 Å². The van der Waals surface area contributed by atoms with Crippen molar-refractivity contribution < 1.29 is 9.84 Å². The van der Waals surface area contributed by atoms with Crippen LogP contribution in [0, 0.1) is 5.92 Å². The van der Waals surface area contributed by atoms with Crippen molar-refractivity contribution in [1.29, 1.82) is 0 Å². The van der Waals surface area contributed by atoms with E-state index in [9.17, 15) is 5.11 Å². The van der Waals surface area contributed by atoms with Crippen LogP contribution in [0.15, 0.2) is 24.3 Å². The summed E-state index contributed by atoms with van der Waals surface area (Å²) in [6, 6.07) is 8.26. The third-order valence-electron chi connectivity index (χ3n) is 4.34. The van der Waals surface area contributed by atoms with E-state index >= 15 is 0 Å². The fourth-order valence-electron chi connectivity index (χ4n) is 3.09. The lowest BCUT2D eigenvalue weighted by atomic mass is 9.93. The molecule has 0 spiro atoms. The van der Waals surface area contributed by atoms with Crippen LogP contribution in [0.2, 0.25) is 0 Å². The lowest BCUT2D eigenvalue weighted by Crippen LogP contribution is -2.40. The number of nitrogens with zero attached hydrogens (tertiary/aromatic N) is 1. The molecule has 1 aromatic rings. The Kier molecular flexibility index (Phi) is 5.86. The Morgan fingerprint density at radius 2 is 2.20 bits per heavy atom. The fraction of sp³-hybridized carbons (Fsp3) is 0.647. The largest absolute Gasteiger partial charge is 0.496 e. The second-order valence-corrected chi connectivity index (χ2v) is 5.86. The van der Waals surface area contributed by atoms with Gasteiger partial charge in [-0.1, -0.05) is 18.2 Å². The molecular formula is C17H27NO2. The zero-order valence-electron chi connectivity index (χ0n) is 12.7. The van der Waals surface area contributed by atoms with Gasteiger partial charge in [0.2, 0.25) is 0 Å². The zero-order valence-corrected chi connectivity index (χ0v) is 12.7. The highest BCUT2D eigenvalue weighted by Crippen LogP contribution is 2.22. The second kappa shape index (κ2) is 7.65. The molecule has 20 heavy (non-hydrogen) atoms. The number of rotatable bonds is 6. The maximum atomic E-state index is 9.72. The summed E-state index contributed by atoms with van der Waals surface area (Å²) >= 11 is 0. The first kappa shape index (κ1) is 15.3. The Bertz CT molecular complexity index is 406. The second-order valence-electron chi connectivity index (χ2n) is 5.86. The van der Waals surface area contributed by atoms with Crippen molar-refractivity contribution in [3.63, 3.8) is 0 Å². The predicted molar refractivity (Wildman–Crippen MR) is 82.2 cm³/mol. The molecule has 1 heterocycles. The molecule has 1 fully saturated rings. The summed E-state index contributed by atoms with van der Waals surface area (Å²) in [6.07, 6.45) is 4.41. The highest BCUT2D eigenvalue weighted by molar-refractivity contribution is 5.33. The number of para-hydroxylation sites is 1. The van der Waals surface area contributed by atoms with Gasteiger partial charge in [-0.3, -0.25) is 0 Å². The van der Waals surface area contributed by atoms with E-state index in [0.29, 0.717) is 5.92 Å². The molecule has 1 N–H and O–H groups in total. The average molecular weight is 277 g/mol.